The molecule has 0 bridgehead atoms. The molecule has 0 amide bonds. The van der Waals surface area contributed by atoms with Crippen molar-refractivity contribution >= 4 is 15.9 Å². The number of aryl methyl sites for hydroxylation is 2. The Balaban J connectivity index is 2.20. The molecule has 1 fully saturated rings. The summed E-state index contributed by atoms with van der Waals surface area (Å²) in [5.41, 5.74) is 8.60. The summed E-state index contributed by atoms with van der Waals surface area (Å²) in [6.07, 6.45) is 8.84. The third kappa shape index (κ3) is 3.45. The molecule has 1 aliphatic carbocycles. The van der Waals surface area contributed by atoms with Crippen molar-refractivity contribution in [3.05, 3.63) is 15.9 Å². The summed E-state index contributed by atoms with van der Waals surface area (Å²) >= 11 is 3.78. The second kappa shape index (κ2) is 7.60. The van der Waals surface area contributed by atoms with Crippen molar-refractivity contribution in [2.45, 2.75) is 65.3 Å². The van der Waals surface area contributed by atoms with Crippen molar-refractivity contribution < 1.29 is 0 Å². The van der Waals surface area contributed by atoms with Crippen LogP contribution in [0.15, 0.2) is 4.47 Å². The topological polar surface area (TPSA) is 43.8 Å². The monoisotopic (exact) mass is 341 g/mol. The average molecular weight is 342 g/mol. The summed E-state index contributed by atoms with van der Waals surface area (Å²) in [6, 6.07) is 0. The average Bonchev–Trinajstić information content (AvgIpc) is 2.64. The number of nitrogens with two attached hydrogens (primary N) is 1. The van der Waals surface area contributed by atoms with Crippen molar-refractivity contribution in [2.75, 3.05) is 6.54 Å². The van der Waals surface area contributed by atoms with Crippen molar-refractivity contribution in [1.82, 2.24) is 9.78 Å². The Labute approximate surface area is 131 Å². The quantitative estimate of drug-likeness (QED) is 0.824. The van der Waals surface area contributed by atoms with Gasteiger partial charge in [0.1, 0.15) is 0 Å². The zero-order valence-electron chi connectivity index (χ0n) is 12.9. The van der Waals surface area contributed by atoms with Crippen molar-refractivity contribution in [3.63, 3.8) is 0 Å². The fourth-order valence-corrected chi connectivity index (χ4v) is 4.23. The molecule has 0 spiro atoms. The van der Waals surface area contributed by atoms with Crippen LogP contribution in [-0.2, 0) is 19.4 Å². The van der Waals surface area contributed by atoms with Gasteiger partial charge in [0.25, 0.3) is 0 Å². The molecule has 1 aromatic heterocycles. The predicted octanol–water partition coefficient (Wildman–Crippen LogP) is 3.93. The SMILES string of the molecule is CCc1nn(CC)c(CC2CCCCCC2CN)c1Br. The largest absolute Gasteiger partial charge is 0.330 e. The van der Waals surface area contributed by atoms with Gasteiger partial charge in [-0.1, -0.05) is 26.2 Å². The van der Waals surface area contributed by atoms with Crippen LogP contribution in [0.3, 0.4) is 0 Å². The minimum Gasteiger partial charge on any atom is -0.330 e. The minimum atomic E-state index is 0.690. The Kier molecular flexibility index (Phi) is 6.09. The summed E-state index contributed by atoms with van der Waals surface area (Å²) in [5.74, 6) is 1.42. The van der Waals surface area contributed by atoms with E-state index in [2.05, 4.69) is 34.5 Å². The molecular formula is C16H28BrN3. The summed E-state index contributed by atoms with van der Waals surface area (Å²) in [6.45, 7) is 6.14. The molecule has 20 heavy (non-hydrogen) atoms. The third-order valence-corrected chi connectivity index (χ3v) is 5.68. The van der Waals surface area contributed by atoms with Gasteiger partial charge in [-0.2, -0.15) is 5.10 Å². The van der Waals surface area contributed by atoms with Gasteiger partial charge in [-0.05, 0) is 66.9 Å². The molecular weight excluding hydrogens is 314 g/mol. The van der Waals surface area contributed by atoms with E-state index < -0.39 is 0 Å². The van der Waals surface area contributed by atoms with Gasteiger partial charge in [-0.25, -0.2) is 0 Å². The lowest BCUT2D eigenvalue weighted by molar-refractivity contribution is 0.311. The highest BCUT2D eigenvalue weighted by Crippen LogP contribution is 2.33. The maximum Gasteiger partial charge on any atom is 0.0766 e. The zero-order valence-corrected chi connectivity index (χ0v) is 14.5. The van der Waals surface area contributed by atoms with Crippen LogP contribution in [0.1, 0.15) is 57.3 Å². The van der Waals surface area contributed by atoms with Crippen LogP contribution in [0.4, 0.5) is 0 Å². The molecule has 2 N–H and O–H groups in total. The molecule has 1 aliphatic rings. The van der Waals surface area contributed by atoms with Crippen molar-refractivity contribution in [1.29, 1.82) is 0 Å². The maximum atomic E-state index is 6.02. The van der Waals surface area contributed by atoms with E-state index >= 15 is 0 Å². The highest BCUT2D eigenvalue weighted by atomic mass is 79.9. The van der Waals surface area contributed by atoms with Gasteiger partial charge in [0.05, 0.1) is 15.9 Å². The Hall–Kier alpha value is -0.350. The van der Waals surface area contributed by atoms with Gasteiger partial charge in [0, 0.05) is 6.54 Å². The second-order valence-electron chi connectivity index (χ2n) is 5.97. The lowest BCUT2D eigenvalue weighted by Gasteiger charge is -2.24. The minimum absolute atomic E-state index is 0.690. The molecule has 0 radical (unpaired) electrons. The van der Waals surface area contributed by atoms with Gasteiger partial charge in [-0.15, -0.1) is 0 Å². The van der Waals surface area contributed by atoms with Crippen molar-refractivity contribution in [2.24, 2.45) is 17.6 Å². The molecule has 3 nitrogen and oxygen atoms in total. The summed E-state index contributed by atoms with van der Waals surface area (Å²) in [7, 11) is 0. The molecule has 1 saturated carbocycles. The first-order chi connectivity index (χ1) is 9.71. The Bertz CT molecular complexity index is 428. The smallest absolute Gasteiger partial charge is 0.0766 e. The van der Waals surface area contributed by atoms with Gasteiger partial charge in [0.2, 0.25) is 0 Å². The van der Waals surface area contributed by atoms with E-state index in [0.29, 0.717) is 5.92 Å². The second-order valence-corrected chi connectivity index (χ2v) is 6.77. The van der Waals surface area contributed by atoms with Gasteiger partial charge < -0.3 is 5.73 Å². The Morgan fingerprint density at radius 1 is 1.20 bits per heavy atom. The molecule has 0 aromatic carbocycles. The molecule has 1 aromatic rings. The van der Waals surface area contributed by atoms with Crippen LogP contribution in [0.25, 0.3) is 0 Å². The molecule has 1 heterocycles. The number of rotatable bonds is 5. The fourth-order valence-electron chi connectivity index (χ4n) is 3.50. The van der Waals surface area contributed by atoms with Gasteiger partial charge in [0.15, 0.2) is 0 Å². The number of aromatic nitrogens is 2. The van der Waals surface area contributed by atoms with E-state index in [4.69, 9.17) is 10.8 Å². The summed E-state index contributed by atoms with van der Waals surface area (Å²) in [5, 5.41) is 4.73. The van der Waals surface area contributed by atoms with Crippen molar-refractivity contribution in [3.8, 4) is 0 Å². The molecule has 4 heteroatoms. The van der Waals surface area contributed by atoms with E-state index in [1.165, 1.54) is 48.0 Å². The first-order valence-corrected chi connectivity index (χ1v) is 8.94. The number of hydrogen-bond donors (Lipinski definition) is 1. The number of hydrogen-bond acceptors (Lipinski definition) is 2. The highest BCUT2D eigenvalue weighted by Gasteiger charge is 2.25. The highest BCUT2D eigenvalue weighted by molar-refractivity contribution is 9.10. The standard InChI is InChI=1S/C16H28BrN3/c1-3-14-16(17)15(20(4-2)19-14)10-12-8-6-5-7-9-13(12)11-18/h12-13H,3-11,18H2,1-2H3. The number of halogens is 1. The first kappa shape index (κ1) is 16.0. The first-order valence-electron chi connectivity index (χ1n) is 8.15. The Morgan fingerprint density at radius 2 is 1.90 bits per heavy atom. The molecule has 2 unspecified atom stereocenters. The lowest BCUT2D eigenvalue weighted by atomic mass is 9.84. The Morgan fingerprint density at radius 3 is 2.50 bits per heavy atom. The molecule has 2 atom stereocenters. The van der Waals surface area contributed by atoms with Gasteiger partial charge in [-0.3, -0.25) is 4.68 Å². The van der Waals surface area contributed by atoms with Crippen LogP contribution in [-0.4, -0.2) is 16.3 Å². The van der Waals surface area contributed by atoms with Crippen LogP contribution in [0.2, 0.25) is 0 Å². The van der Waals surface area contributed by atoms with Crippen LogP contribution < -0.4 is 5.73 Å². The van der Waals surface area contributed by atoms with Gasteiger partial charge >= 0.3 is 0 Å². The number of nitrogens with zero attached hydrogens (tertiary/aromatic N) is 2. The lowest BCUT2D eigenvalue weighted by Crippen LogP contribution is -2.25. The molecule has 114 valence electrons. The van der Waals surface area contributed by atoms with E-state index in [9.17, 15) is 0 Å². The molecule has 2 rings (SSSR count). The van der Waals surface area contributed by atoms with E-state index in [-0.39, 0.29) is 0 Å². The van der Waals surface area contributed by atoms with E-state index in [1.54, 1.807) is 0 Å². The predicted molar refractivity (Wildman–Crippen MR) is 87.8 cm³/mol. The maximum absolute atomic E-state index is 6.02. The summed E-state index contributed by atoms with van der Waals surface area (Å²) < 4.78 is 3.42. The fraction of sp³-hybridized carbons (Fsp3) is 0.812. The zero-order chi connectivity index (χ0) is 14.5. The normalized spacial score (nSPS) is 23.8. The van der Waals surface area contributed by atoms with E-state index in [0.717, 1.165) is 31.8 Å². The molecule has 0 saturated heterocycles. The van der Waals surface area contributed by atoms with E-state index in [1.807, 2.05) is 0 Å². The summed E-state index contributed by atoms with van der Waals surface area (Å²) in [4.78, 5) is 0. The third-order valence-electron chi connectivity index (χ3n) is 4.77. The van der Waals surface area contributed by atoms with Crippen LogP contribution in [0.5, 0.6) is 0 Å². The molecule has 0 aliphatic heterocycles. The van der Waals surface area contributed by atoms with Crippen LogP contribution in [0, 0.1) is 11.8 Å². The van der Waals surface area contributed by atoms with Crippen LogP contribution >= 0.6 is 15.9 Å².